The minimum absolute atomic E-state index is 0.00974. The highest BCUT2D eigenvalue weighted by molar-refractivity contribution is 6.00. The van der Waals surface area contributed by atoms with Crippen LogP contribution >= 0.6 is 0 Å². The molecule has 1 N–H and O–H groups in total. The number of nitrogens with zero attached hydrogens (tertiary/aromatic N) is 4. The van der Waals surface area contributed by atoms with Gasteiger partial charge in [0.05, 0.1) is 13.0 Å². The first kappa shape index (κ1) is 21.9. The predicted octanol–water partition coefficient (Wildman–Crippen LogP) is 1.76. The maximum absolute atomic E-state index is 12.7. The van der Waals surface area contributed by atoms with E-state index in [4.69, 9.17) is 9.97 Å². The molecular weight excluding hydrogens is 406 g/mol. The molecule has 1 aromatic heterocycles. The van der Waals surface area contributed by atoms with Crippen molar-refractivity contribution in [3.8, 4) is 0 Å². The van der Waals surface area contributed by atoms with Gasteiger partial charge in [0.1, 0.15) is 11.6 Å². The van der Waals surface area contributed by atoms with Crippen LogP contribution in [0.1, 0.15) is 48.3 Å². The number of anilines is 1. The fourth-order valence-electron chi connectivity index (χ4n) is 4.41. The Hall–Kier alpha value is -3.29. The molecule has 0 bridgehead atoms. The van der Waals surface area contributed by atoms with Crippen molar-refractivity contribution in [1.29, 1.82) is 0 Å². The molecule has 0 radical (unpaired) electrons. The van der Waals surface area contributed by atoms with Crippen molar-refractivity contribution in [1.82, 2.24) is 20.2 Å². The highest BCUT2D eigenvalue weighted by atomic mass is 16.2. The number of hydrogen-bond donors (Lipinski definition) is 1. The normalized spacial score (nSPS) is 17.6. The van der Waals surface area contributed by atoms with E-state index in [0.29, 0.717) is 31.9 Å². The van der Waals surface area contributed by atoms with Crippen molar-refractivity contribution in [2.75, 3.05) is 31.1 Å². The molecule has 0 spiro atoms. The summed E-state index contributed by atoms with van der Waals surface area (Å²) in [7, 11) is 0. The molecular formula is C24H29N5O3. The molecule has 2 aliphatic heterocycles. The summed E-state index contributed by atoms with van der Waals surface area (Å²) >= 11 is 0. The van der Waals surface area contributed by atoms with Gasteiger partial charge in [-0.1, -0.05) is 30.3 Å². The van der Waals surface area contributed by atoms with Gasteiger partial charge in [-0.25, -0.2) is 9.97 Å². The number of fused-ring (bicyclic) bond motifs is 1. The van der Waals surface area contributed by atoms with E-state index >= 15 is 0 Å². The first-order chi connectivity index (χ1) is 15.4. The topological polar surface area (TPSA) is 95.5 Å². The third-order valence-corrected chi connectivity index (χ3v) is 6.18. The number of amides is 3. The van der Waals surface area contributed by atoms with Gasteiger partial charge in [-0.2, -0.15) is 0 Å². The Bertz CT molecular complexity index is 1020. The van der Waals surface area contributed by atoms with E-state index in [2.05, 4.69) is 17.4 Å². The maximum Gasteiger partial charge on any atom is 0.241 e. The number of hydrogen-bond acceptors (Lipinski definition) is 5. The summed E-state index contributed by atoms with van der Waals surface area (Å²) in [6, 6.07) is 10.3. The Kier molecular flexibility index (Phi) is 6.48. The molecule has 3 amide bonds. The summed E-state index contributed by atoms with van der Waals surface area (Å²) in [5.41, 5.74) is 3.01. The zero-order chi connectivity index (χ0) is 22.7. The van der Waals surface area contributed by atoms with E-state index in [1.54, 1.807) is 9.80 Å². The number of carbonyl (C=O) groups excluding carboxylic acids is 3. The third kappa shape index (κ3) is 4.79. The second kappa shape index (κ2) is 9.46. The molecule has 32 heavy (non-hydrogen) atoms. The number of aromatic nitrogens is 2. The van der Waals surface area contributed by atoms with E-state index < -0.39 is 0 Å². The maximum atomic E-state index is 12.7. The molecule has 1 atom stereocenters. The second-order valence-electron chi connectivity index (χ2n) is 8.52. The summed E-state index contributed by atoms with van der Waals surface area (Å²) in [5.74, 6) is 1.21. The van der Waals surface area contributed by atoms with Gasteiger partial charge < -0.3 is 10.2 Å². The van der Waals surface area contributed by atoms with Gasteiger partial charge in [-0.15, -0.1) is 0 Å². The van der Waals surface area contributed by atoms with E-state index in [1.807, 2.05) is 25.1 Å². The van der Waals surface area contributed by atoms with Crippen molar-refractivity contribution in [2.45, 2.75) is 45.4 Å². The van der Waals surface area contributed by atoms with Gasteiger partial charge in [0.2, 0.25) is 17.7 Å². The van der Waals surface area contributed by atoms with Crippen LogP contribution in [0.3, 0.4) is 0 Å². The molecule has 4 rings (SSSR count). The molecule has 1 saturated heterocycles. The Labute approximate surface area is 188 Å². The minimum Gasteiger partial charge on any atom is -0.347 e. The Balaban J connectivity index is 1.44. The first-order valence-corrected chi connectivity index (χ1v) is 11.2. The van der Waals surface area contributed by atoms with Gasteiger partial charge in [0.25, 0.3) is 0 Å². The van der Waals surface area contributed by atoms with E-state index in [-0.39, 0.29) is 30.2 Å². The Morgan fingerprint density at radius 3 is 2.72 bits per heavy atom. The SMILES string of the molecule is CC(=O)NCC(=O)N1CCC(c2nc(C)c3c(n2)N(CCCc2ccccc2)C(=O)C3)C1. The van der Waals surface area contributed by atoms with Gasteiger partial charge in [-0.05, 0) is 31.7 Å². The quantitative estimate of drug-likeness (QED) is 0.715. The fraction of sp³-hybridized carbons (Fsp3) is 0.458. The molecule has 2 aromatic rings. The lowest BCUT2D eigenvalue weighted by Crippen LogP contribution is -2.38. The van der Waals surface area contributed by atoms with Crippen molar-refractivity contribution in [3.63, 3.8) is 0 Å². The smallest absolute Gasteiger partial charge is 0.241 e. The van der Waals surface area contributed by atoms with Crippen LogP contribution in [0.15, 0.2) is 30.3 Å². The second-order valence-corrected chi connectivity index (χ2v) is 8.52. The number of rotatable bonds is 7. The predicted molar refractivity (Wildman–Crippen MR) is 120 cm³/mol. The van der Waals surface area contributed by atoms with Crippen molar-refractivity contribution in [2.24, 2.45) is 0 Å². The molecule has 0 saturated carbocycles. The minimum atomic E-state index is -0.219. The molecule has 8 nitrogen and oxygen atoms in total. The van der Waals surface area contributed by atoms with Crippen LogP contribution in [0.4, 0.5) is 5.82 Å². The standard InChI is InChI=1S/C24H29N5O3/c1-16-20-13-21(31)29(11-6-9-18-7-4-3-5-8-18)24(20)27-23(26-16)19-10-12-28(15-19)22(32)14-25-17(2)30/h3-5,7-8,19H,6,9-15H2,1-2H3,(H,25,30). The Morgan fingerprint density at radius 1 is 1.19 bits per heavy atom. The van der Waals surface area contributed by atoms with Crippen molar-refractivity contribution in [3.05, 3.63) is 53.0 Å². The number of likely N-dealkylation sites (tertiary alicyclic amines) is 1. The van der Waals surface area contributed by atoms with E-state index in [0.717, 1.165) is 36.3 Å². The summed E-state index contributed by atoms with van der Waals surface area (Å²) in [4.78, 5) is 49.1. The number of nitrogens with one attached hydrogen (secondary N) is 1. The van der Waals surface area contributed by atoms with Crippen molar-refractivity contribution < 1.29 is 14.4 Å². The number of carbonyl (C=O) groups is 3. The largest absolute Gasteiger partial charge is 0.347 e. The summed E-state index contributed by atoms with van der Waals surface area (Å²) in [6.07, 6.45) is 2.89. The third-order valence-electron chi connectivity index (χ3n) is 6.18. The van der Waals surface area contributed by atoms with Crippen LogP contribution in [-0.2, 0) is 27.2 Å². The first-order valence-electron chi connectivity index (χ1n) is 11.2. The zero-order valence-corrected chi connectivity index (χ0v) is 18.6. The molecule has 1 unspecified atom stereocenters. The highest BCUT2D eigenvalue weighted by Crippen LogP contribution is 2.33. The molecule has 8 heteroatoms. The lowest BCUT2D eigenvalue weighted by Gasteiger charge is -2.19. The summed E-state index contributed by atoms with van der Waals surface area (Å²) in [5, 5.41) is 2.56. The van der Waals surface area contributed by atoms with Gasteiger partial charge in [0, 0.05) is 43.7 Å². The molecule has 168 valence electrons. The van der Waals surface area contributed by atoms with Gasteiger partial charge >= 0.3 is 0 Å². The molecule has 3 heterocycles. The van der Waals surface area contributed by atoms with Crippen LogP contribution in [0.5, 0.6) is 0 Å². The van der Waals surface area contributed by atoms with Gasteiger partial charge in [0.15, 0.2) is 0 Å². The van der Waals surface area contributed by atoms with Crippen molar-refractivity contribution >= 4 is 23.5 Å². The van der Waals surface area contributed by atoms with E-state index in [9.17, 15) is 14.4 Å². The van der Waals surface area contributed by atoms with Crippen LogP contribution in [0, 0.1) is 6.92 Å². The monoisotopic (exact) mass is 435 g/mol. The average molecular weight is 436 g/mol. The molecule has 1 aromatic carbocycles. The lowest BCUT2D eigenvalue weighted by atomic mass is 10.1. The number of benzene rings is 1. The van der Waals surface area contributed by atoms with Crippen LogP contribution in [0.2, 0.25) is 0 Å². The molecule has 1 fully saturated rings. The summed E-state index contributed by atoms with van der Waals surface area (Å²) < 4.78 is 0. The highest BCUT2D eigenvalue weighted by Gasteiger charge is 2.34. The average Bonchev–Trinajstić information content (AvgIpc) is 3.39. The Morgan fingerprint density at radius 2 is 1.97 bits per heavy atom. The lowest BCUT2D eigenvalue weighted by molar-refractivity contribution is -0.131. The fourth-order valence-corrected chi connectivity index (χ4v) is 4.41. The zero-order valence-electron chi connectivity index (χ0n) is 18.6. The summed E-state index contributed by atoms with van der Waals surface area (Å²) in [6.45, 7) is 5.10. The molecule has 0 aliphatic carbocycles. The van der Waals surface area contributed by atoms with E-state index in [1.165, 1.54) is 12.5 Å². The van der Waals surface area contributed by atoms with Crippen LogP contribution in [-0.4, -0.2) is 58.8 Å². The van der Waals surface area contributed by atoms with Gasteiger partial charge in [-0.3, -0.25) is 19.3 Å². The molecule has 2 aliphatic rings. The van der Waals surface area contributed by atoms with Crippen LogP contribution in [0.25, 0.3) is 0 Å². The van der Waals surface area contributed by atoms with Crippen LogP contribution < -0.4 is 10.2 Å². The number of aryl methyl sites for hydroxylation is 2.